The Bertz CT molecular complexity index is 1310. The number of benzene rings is 2. The molecular weight excluding hydrogens is 484 g/mol. The molecule has 2 heterocycles. The number of para-hydroxylation sites is 1. The molecule has 0 N–H and O–H groups in total. The lowest BCUT2D eigenvalue weighted by molar-refractivity contribution is 0.0180. The summed E-state index contributed by atoms with van der Waals surface area (Å²) in [6.45, 7) is 8.28. The predicted molar refractivity (Wildman–Crippen MR) is 141 cm³/mol. The van der Waals surface area contributed by atoms with Gasteiger partial charge in [-0.2, -0.15) is 10.4 Å². The highest BCUT2D eigenvalue weighted by molar-refractivity contribution is 5.93. The van der Waals surface area contributed by atoms with Crippen molar-refractivity contribution in [3.05, 3.63) is 65.9 Å². The minimum Gasteiger partial charge on any atom is -0.461 e. The van der Waals surface area contributed by atoms with Crippen LogP contribution in [0.1, 0.15) is 62.6 Å². The van der Waals surface area contributed by atoms with Crippen molar-refractivity contribution in [1.29, 1.82) is 5.26 Å². The molecule has 0 saturated carbocycles. The van der Waals surface area contributed by atoms with E-state index in [2.05, 4.69) is 6.07 Å². The van der Waals surface area contributed by atoms with Gasteiger partial charge in [0.25, 0.3) is 0 Å². The van der Waals surface area contributed by atoms with Gasteiger partial charge in [-0.3, -0.25) is 4.68 Å². The molecule has 0 unspecified atom stereocenters. The number of likely N-dealkylation sites (tertiary alicyclic amines) is 1. The fourth-order valence-electron chi connectivity index (χ4n) is 4.33. The molecule has 0 atom stereocenters. The van der Waals surface area contributed by atoms with Crippen LogP contribution in [0, 0.1) is 11.3 Å². The Kier molecular flexibility index (Phi) is 8.01. The van der Waals surface area contributed by atoms with E-state index < -0.39 is 11.6 Å². The van der Waals surface area contributed by atoms with Gasteiger partial charge in [0.2, 0.25) is 0 Å². The Morgan fingerprint density at radius 2 is 1.66 bits per heavy atom. The maximum absolute atomic E-state index is 13.0. The first-order chi connectivity index (χ1) is 18.2. The van der Waals surface area contributed by atoms with E-state index in [0.717, 1.165) is 0 Å². The van der Waals surface area contributed by atoms with Gasteiger partial charge in [0.15, 0.2) is 5.69 Å². The van der Waals surface area contributed by atoms with Crippen molar-refractivity contribution in [2.24, 2.45) is 0 Å². The van der Waals surface area contributed by atoms with E-state index in [1.54, 1.807) is 28.6 Å². The van der Waals surface area contributed by atoms with E-state index >= 15 is 0 Å². The number of hydrogen-bond acceptors (Lipinski definition) is 7. The molecule has 3 aromatic rings. The van der Waals surface area contributed by atoms with Crippen LogP contribution in [-0.2, 0) is 9.47 Å². The van der Waals surface area contributed by atoms with Crippen LogP contribution in [0.25, 0.3) is 11.3 Å². The molecule has 1 aliphatic heterocycles. The van der Waals surface area contributed by atoms with Crippen molar-refractivity contribution in [3.63, 3.8) is 0 Å². The van der Waals surface area contributed by atoms with Gasteiger partial charge in [-0.05, 0) is 76.9 Å². The van der Waals surface area contributed by atoms with Crippen LogP contribution in [0.2, 0.25) is 0 Å². The van der Waals surface area contributed by atoms with Crippen molar-refractivity contribution in [2.75, 3.05) is 19.7 Å². The Morgan fingerprint density at radius 1 is 1.03 bits per heavy atom. The van der Waals surface area contributed by atoms with E-state index in [-0.39, 0.29) is 30.0 Å². The van der Waals surface area contributed by atoms with Crippen molar-refractivity contribution in [1.82, 2.24) is 14.7 Å². The molecule has 1 fully saturated rings. The van der Waals surface area contributed by atoms with Gasteiger partial charge >= 0.3 is 12.1 Å². The van der Waals surface area contributed by atoms with Crippen molar-refractivity contribution >= 4 is 12.1 Å². The molecule has 0 spiro atoms. The molecule has 0 bridgehead atoms. The zero-order chi connectivity index (χ0) is 27.3. The second-order valence-electron chi connectivity index (χ2n) is 9.99. The first-order valence-electron chi connectivity index (χ1n) is 12.7. The summed E-state index contributed by atoms with van der Waals surface area (Å²) in [5.74, 6) is 0.754. The van der Waals surface area contributed by atoms with Crippen LogP contribution in [0.15, 0.2) is 54.6 Å². The van der Waals surface area contributed by atoms with Crippen LogP contribution >= 0.6 is 0 Å². The molecule has 38 heavy (non-hydrogen) atoms. The van der Waals surface area contributed by atoms with Gasteiger partial charge in [-0.1, -0.05) is 18.2 Å². The lowest BCUT2D eigenvalue weighted by Crippen LogP contribution is -2.42. The second-order valence-corrected chi connectivity index (χ2v) is 9.99. The van der Waals surface area contributed by atoms with Gasteiger partial charge in [0, 0.05) is 18.7 Å². The Hall–Kier alpha value is -4.32. The summed E-state index contributed by atoms with van der Waals surface area (Å²) in [5, 5.41) is 14.8. The standard InChI is InChI=1S/C29H32N4O5/c1-5-36-27(34)26-24(19-30)25(20-11-13-23(14-12-20)37-22-9-7-6-8-10-22)31-33(26)21-15-17-32(18-16-21)28(35)38-29(2,3)4/h6-14,21H,5,15-18H2,1-4H3. The molecule has 9 heteroatoms. The molecule has 2 aromatic carbocycles. The van der Waals surface area contributed by atoms with Crippen molar-refractivity contribution < 1.29 is 23.8 Å². The first kappa shape index (κ1) is 26.7. The highest BCUT2D eigenvalue weighted by Crippen LogP contribution is 2.33. The maximum Gasteiger partial charge on any atom is 0.410 e. The van der Waals surface area contributed by atoms with E-state index in [0.29, 0.717) is 48.7 Å². The third-order valence-corrected chi connectivity index (χ3v) is 6.06. The number of carbonyl (C=O) groups excluding carboxylic acids is 2. The Labute approximate surface area is 222 Å². The van der Waals surface area contributed by atoms with E-state index in [1.165, 1.54) is 0 Å². The van der Waals surface area contributed by atoms with Gasteiger partial charge in [-0.15, -0.1) is 0 Å². The molecule has 1 saturated heterocycles. The van der Waals surface area contributed by atoms with Crippen molar-refractivity contribution in [2.45, 2.75) is 52.2 Å². The summed E-state index contributed by atoms with van der Waals surface area (Å²) in [4.78, 5) is 27.1. The van der Waals surface area contributed by atoms with E-state index in [9.17, 15) is 14.9 Å². The lowest BCUT2D eigenvalue weighted by atomic mass is 10.0. The molecule has 0 aliphatic carbocycles. The van der Waals surface area contributed by atoms with Crippen LogP contribution in [0.3, 0.4) is 0 Å². The summed E-state index contributed by atoms with van der Waals surface area (Å²) in [6, 6.07) is 18.6. The van der Waals surface area contributed by atoms with Gasteiger partial charge in [0.1, 0.15) is 34.4 Å². The SMILES string of the molecule is CCOC(=O)c1c(C#N)c(-c2ccc(Oc3ccccc3)cc2)nn1C1CCN(C(=O)OC(C)(C)C)CC1. The second kappa shape index (κ2) is 11.4. The molecule has 9 nitrogen and oxygen atoms in total. The number of aromatic nitrogens is 2. The highest BCUT2D eigenvalue weighted by atomic mass is 16.6. The number of hydrogen-bond donors (Lipinski definition) is 0. The van der Waals surface area contributed by atoms with Gasteiger partial charge in [0.05, 0.1) is 12.6 Å². The van der Waals surface area contributed by atoms with Gasteiger partial charge < -0.3 is 19.1 Å². The average Bonchev–Trinajstić information content (AvgIpc) is 3.29. The zero-order valence-electron chi connectivity index (χ0n) is 22.1. The maximum atomic E-state index is 13.0. The highest BCUT2D eigenvalue weighted by Gasteiger charge is 2.33. The number of carbonyl (C=O) groups is 2. The normalized spacial score (nSPS) is 14.0. The van der Waals surface area contributed by atoms with Crippen LogP contribution in [0.4, 0.5) is 4.79 Å². The topological polar surface area (TPSA) is 107 Å². The summed E-state index contributed by atoms with van der Waals surface area (Å²) in [7, 11) is 0. The molecule has 0 radical (unpaired) electrons. The summed E-state index contributed by atoms with van der Waals surface area (Å²) >= 11 is 0. The molecule has 4 rings (SSSR count). The fourth-order valence-corrected chi connectivity index (χ4v) is 4.33. The molecule has 198 valence electrons. The van der Waals surface area contributed by atoms with E-state index in [1.807, 2.05) is 63.2 Å². The summed E-state index contributed by atoms with van der Waals surface area (Å²) in [5.41, 5.74) is 0.791. The number of nitrogens with zero attached hydrogens (tertiary/aromatic N) is 4. The van der Waals surface area contributed by atoms with Crippen molar-refractivity contribution in [3.8, 4) is 28.8 Å². The van der Waals surface area contributed by atoms with Crippen LogP contribution in [-0.4, -0.2) is 52.0 Å². The third kappa shape index (κ3) is 6.14. The third-order valence-electron chi connectivity index (χ3n) is 6.06. The first-order valence-corrected chi connectivity index (χ1v) is 12.7. The molecule has 1 aromatic heterocycles. The zero-order valence-corrected chi connectivity index (χ0v) is 22.1. The van der Waals surface area contributed by atoms with Crippen LogP contribution in [0.5, 0.6) is 11.5 Å². The predicted octanol–water partition coefficient (Wildman–Crippen LogP) is 5.96. The minimum absolute atomic E-state index is 0.129. The molecule has 1 amide bonds. The van der Waals surface area contributed by atoms with Crippen LogP contribution < -0.4 is 4.74 Å². The summed E-state index contributed by atoms with van der Waals surface area (Å²) < 4.78 is 18.3. The number of rotatable bonds is 6. The minimum atomic E-state index is -0.596. The fraction of sp³-hybridized carbons (Fsp3) is 0.379. The average molecular weight is 517 g/mol. The molecule has 1 aliphatic rings. The quantitative estimate of drug-likeness (QED) is 0.372. The number of ether oxygens (including phenoxy) is 3. The largest absolute Gasteiger partial charge is 0.461 e. The number of amides is 1. The monoisotopic (exact) mass is 516 g/mol. The summed E-state index contributed by atoms with van der Waals surface area (Å²) in [6.07, 6.45) is 0.751. The van der Waals surface area contributed by atoms with Gasteiger partial charge in [-0.25, -0.2) is 9.59 Å². The number of piperidine rings is 1. The lowest BCUT2D eigenvalue weighted by Gasteiger charge is -2.33. The number of esters is 1. The van der Waals surface area contributed by atoms with E-state index in [4.69, 9.17) is 19.3 Å². The Balaban J connectivity index is 1.61. The number of nitriles is 1. The Morgan fingerprint density at radius 3 is 2.24 bits per heavy atom. The molecular formula is C29H32N4O5. The smallest absolute Gasteiger partial charge is 0.410 e.